The molecule has 0 saturated heterocycles. The summed E-state index contributed by atoms with van der Waals surface area (Å²) in [6.07, 6.45) is 2.86. The van der Waals surface area contributed by atoms with E-state index < -0.39 is 0 Å². The van der Waals surface area contributed by atoms with Gasteiger partial charge in [-0.15, -0.1) is 23.1 Å². The number of carbonyl (C=O) groups excluding carboxylic acids is 1. The Labute approximate surface area is 145 Å². The van der Waals surface area contributed by atoms with Crippen LogP contribution in [-0.4, -0.2) is 37.9 Å². The lowest BCUT2D eigenvalue weighted by atomic mass is 9.87. The minimum absolute atomic E-state index is 0.0638. The molecule has 0 radical (unpaired) electrons. The van der Waals surface area contributed by atoms with Crippen molar-refractivity contribution in [2.45, 2.75) is 32.6 Å². The number of fused-ring (bicyclic) bond motifs is 1. The van der Waals surface area contributed by atoms with Crippen LogP contribution in [0.2, 0.25) is 0 Å². The maximum atomic E-state index is 12.6. The lowest BCUT2D eigenvalue weighted by Gasteiger charge is -2.29. The molecule has 0 fully saturated rings. The molecule has 1 amide bonds. The predicted molar refractivity (Wildman–Crippen MR) is 94.4 cm³/mol. The number of carbonyl (C=O) groups is 1. The summed E-state index contributed by atoms with van der Waals surface area (Å²) in [5, 5.41) is 6.40. The summed E-state index contributed by atoms with van der Waals surface area (Å²) in [5.74, 6) is 1.50. The maximum absolute atomic E-state index is 12.6. The number of hydrogen-bond donors (Lipinski definition) is 0. The molecule has 0 saturated carbocycles. The number of aryl methyl sites for hydroxylation is 1. The van der Waals surface area contributed by atoms with Gasteiger partial charge >= 0.3 is 0 Å². The van der Waals surface area contributed by atoms with Crippen molar-refractivity contribution < 1.29 is 4.79 Å². The molecule has 124 valence electrons. The SMILES string of the molecule is Cn1ncc2c1CC(C)(C)CN(C(=O)CSCc1cscn1)C2. The molecule has 1 aliphatic heterocycles. The molecule has 0 bridgehead atoms. The molecule has 23 heavy (non-hydrogen) atoms. The zero-order valence-electron chi connectivity index (χ0n) is 13.8. The van der Waals surface area contributed by atoms with Crippen LogP contribution in [0, 0.1) is 5.41 Å². The monoisotopic (exact) mass is 350 g/mol. The predicted octanol–water partition coefficient (Wildman–Crippen LogP) is 2.72. The van der Waals surface area contributed by atoms with E-state index in [-0.39, 0.29) is 11.3 Å². The number of aromatic nitrogens is 3. The Kier molecular flexibility index (Phi) is 4.77. The number of thioether (sulfide) groups is 1. The summed E-state index contributed by atoms with van der Waals surface area (Å²) in [6.45, 7) is 5.90. The van der Waals surface area contributed by atoms with E-state index in [9.17, 15) is 4.79 Å². The van der Waals surface area contributed by atoms with Crippen molar-refractivity contribution in [2.75, 3.05) is 12.3 Å². The molecule has 0 aromatic carbocycles. The van der Waals surface area contributed by atoms with Gasteiger partial charge in [-0.25, -0.2) is 4.98 Å². The fourth-order valence-electron chi connectivity index (χ4n) is 2.98. The van der Waals surface area contributed by atoms with E-state index in [1.807, 2.05) is 33.7 Å². The van der Waals surface area contributed by atoms with Gasteiger partial charge in [0.15, 0.2) is 0 Å². The Bertz CT molecular complexity index is 678. The zero-order valence-corrected chi connectivity index (χ0v) is 15.4. The van der Waals surface area contributed by atoms with E-state index in [0.717, 1.165) is 24.4 Å². The van der Waals surface area contributed by atoms with Crippen LogP contribution in [0.5, 0.6) is 0 Å². The fourth-order valence-corrected chi connectivity index (χ4v) is 4.47. The Hall–Kier alpha value is -1.34. The molecule has 2 aromatic heterocycles. The standard InChI is InChI=1S/C16H22N4OS2/c1-16(2)4-14-12(5-18-19(14)3)6-20(10-16)15(21)9-22-7-13-8-23-11-17-13/h5,8,11H,4,6-7,9-10H2,1-3H3. The van der Waals surface area contributed by atoms with Crippen molar-refractivity contribution in [3.8, 4) is 0 Å². The van der Waals surface area contributed by atoms with E-state index in [1.54, 1.807) is 23.1 Å². The third-order valence-corrected chi connectivity index (χ3v) is 5.67. The summed E-state index contributed by atoms with van der Waals surface area (Å²) in [6, 6.07) is 0. The first-order valence-corrected chi connectivity index (χ1v) is 9.77. The number of nitrogens with zero attached hydrogens (tertiary/aromatic N) is 4. The summed E-state index contributed by atoms with van der Waals surface area (Å²) in [7, 11) is 1.98. The smallest absolute Gasteiger partial charge is 0.232 e. The van der Waals surface area contributed by atoms with Gasteiger partial charge in [0, 0.05) is 42.5 Å². The van der Waals surface area contributed by atoms with E-state index in [4.69, 9.17) is 0 Å². The van der Waals surface area contributed by atoms with Gasteiger partial charge in [-0.2, -0.15) is 5.10 Å². The van der Waals surface area contributed by atoms with E-state index in [2.05, 4.69) is 23.9 Å². The van der Waals surface area contributed by atoms with E-state index >= 15 is 0 Å². The molecular weight excluding hydrogens is 328 g/mol. The second-order valence-corrected chi connectivity index (χ2v) is 8.51. The number of hydrogen-bond acceptors (Lipinski definition) is 5. The quantitative estimate of drug-likeness (QED) is 0.851. The molecule has 0 unspecified atom stereocenters. The van der Waals surface area contributed by atoms with Gasteiger partial charge in [-0.1, -0.05) is 13.8 Å². The van der Waals surface area contributed by atoms with Gasteiger partial charge in [0.2, 0.25) is 5.91 Å². The highest BCUT2D eigenvalue weighted by Crippen LogP contribution is 2.30. The topological polar surface area (TPSA) is 51.0 Å². The second kappa shape index (κ2) is 6.65. The average molecular weight is 351 g/mol. The summed E-state index contributed by atoms with van der Waals surface area (Å²) < 4.78 is 1.95. The highest BCUT2D eigenvalue weighted by molar-refractivity contribution is 7.99. The van der Waals surface area contributed by atoms with Crippen LogP contribution < -0.4 is 0 Å². The molecule has 0 atom stereocenters. The first kappa shape index (κ1) is 16.5. The van der Waals surface area contributed by atoms with Gasteiger partial charge in [0.05, 0.1) is 23.2 Å². The van der Waals surface area contributed by atoms with Gasteiger partial charge < -0.3 is 4.90 Å². The third kappa shape index (κ3) is 3.95. The Balaban J connectivity index is 1.65. The molecule has 0 aliphatic carbocycles. The normalized spacial score (nSPS) is 16.9. The molecule has 0 N–H and O–H groups in total. The average Bonchev–Trinajstić information content (AvgIpc) is 3.07. The summed E-state index contributed by atoms with van der Waals surface area (Å²) in [4.78, 5) is 18.9. The first-order chi connectivity index (χ1) is 10.9. The fraction of sp³-hybridized carbons (Fsp3) is 0.562. The van der Waals surface area contributed by atoms with Crippen LogP contribution in [0.25, 0.3) is 0 Å². The van der Waals surface area contributed by atoms with Gasteiger partial charge in [-0.3, -0.25) is 9.48 Å². The molecular formula is C16H22N4OS2. The van der Waals surface area contributed by atoms with Crippen molar-refractivity contribution in [1.29, 1.82) is 0 Å². The Morgan fingerprint density at radius 1 is 1.48 bits per heavy atom. The maximum Gasteiger partial charge on any atom is 0.232 e. The molecule has 3 heterocycles. The molecule has 0 spiro atoms. The van der Waals surface area contributed by atoms with Crippen molar-refractivity contribution in [1.82, 2.24) is 19.7 Å². The second-order valence-electron chi connectivity index (χ2n) is 6.80. The molecule has 7 heteroatoms. The van der Waals surface area contributed by atoms with Crippen LogP contribution in [0.15, 0.2) is 17.1 Å². The largest absolute Gasteiger partial charge is 0.337 e. The highest BCUT2D eigenvalue weighted by Gasteiger charge is 2.31. The van der Waals surface area contributed by atoms with E-state index in [1.165, 1.54) is 11.3 Å². The lowest BCUT2D eigenvalue weighted by Crippen LogP contribution is -2.38. The minimum atomic E-state index is 0.0638. The highest BCUT2D eigenvalue weighted by atomic mass is 32.2. The van der Waals surface area contributed by atoms with Crippen molar-refractivity contribution >= 4 is 29.0 Å². The summed E-state index contributed by atoms with van der Waals surface area (Å²) in [5.41, 5.74) is 5.38. The number of thiazole rings is 1. The minimum Gasteiger partial charge on any atom is -0.337 e. The van der Waals surface area contributed by atoms with Crippen LogP contribution in [0.1, 0.15) is 30.8 Å². The summed E-state index contributed by atoms with van der Waals surface area (Å²) >= 11 is 3.23. The van der Waals surface area contributed by atoms with Crippen molar-refractivity contribution in [3.63, 3.8) is 0 Å². The van der Waals surface area contributed by atoms with Gasteiger partial charge in [-0.05, 0) is 11.8 Å². The van der Waals surface area contributed by atoms with Crippen LogP contribution in [0.4, 0.5) is 0 Å². The van der Waals surface area contributed by atoms with Gasteiger partial charge in [0.1, 0.15) is 0 Å². The van der Waals surface area contributed by atoms with Crippen molar-refractivity contribution in [2.24, 2.45) is 12.5 Å². The third-order valence-electron chi connectivity index (χ3n) is 4.09. The number of amides is 1. The van der Waals surface area contributed by atoms with Crippen molar-refractivity contribution in [3.05, 3.63) is 34.0 Å². The lowest BCUT2D eigenvalue weighted by molar-refractivity contribution is -0.130. The molecule has 1 aliphatic rings. The Morgan fingerprint density at radius 2 is 2.30 bits per heavy atom. The zero-order chi connectivity index (χ0) is 16.4. The van der Waals surface area contributed by atoms with Crippen LogP contribution >= 0.6 is 23.1 Å². The van der Waals surface area contributed by atoms with Crippen LogP contribution in [0.3, 0.4) is 0 Å². The van der Waals surface area contributed by atoms with E-state index in [0.29, 0.717) is 12.3 Å². The first-order valence-electron chi connectivity index (χ1n) is 7.67. The Morgan fingerprint density at radius 3 is 3.04 bits per heavy atom. The molecule has 2 aromatic rings. The number of rotatable bonds is 4. The molecule has 5 nitrogen and oxygen atoms in total. The molecule has 3 rings (SSSR count). The van der Waals surface area contributed by atoms with Gasteiger partial charge in [0.25, 0.3) is 0 Å². The van der Waals surface area contributed by atoms with Crippen LogP contribution in [-0.2, 0) is 30.6 Å².